The molecule has 0 radical (unpaired) electrons. The first-order chi connectivity index (χ1) is 5.77. The number of hydrogen-bond donors (Lipinski definition) is 3. The van der Waals surface area contributed by atoms with Crippen LogP contribution < -0.4 is 5.32 Å². The predicted molar refractivity (Wildman–Crippen MR) is 50.2 cm³/mol. The van der Waals surface area contributed by atoms with Crippen molar-refractivity contribution in [2.45, 2.75) is 25.3 Å². The molecule has 1 saturated carbocycles. The molecule has 70 valence electrons. The maximum absolute atomic E-state index is 11.0. The maximum Gasteiger partial charge on any atom is 0.229 e. The zero-order valence-corrected chi connectivity index (χ0v) is 7.89. The lowest BCUT2D eigenvalue weighted by Crippen LogP contribution is -2.39. The van der Waals surface area contributed by atoms with E-state index in [1.165, 1.54) is 0 Å². The molecule has 0 aromatic heterocycles. The molecule has 1 fully saturated rings. The van der Waals surface area contributed by atoms with E-state index in [0.717, 1.165) is 19.3 Å². The Morgan fingerprint density at radius 3 is 2.92 bits per heavy atom. The molecular formula is C8H15NO2S. The van der Waals surface area contributed by atoms with E-state index >= 15 is 0 Å². The van der Waals surface area contributed by atoms with Crippen molar-refractivity contribution in [2.75, 3.05) is 12.4 Å². The van der Waals surface area contributed by atoms with Gasteiger partial charge >= 0.3 is 0 Å². The lowest BCUT2D eigenvalue weighted by Gasteiger charge is -2.18. The summed E-state index contributed by atoms with van der Waals surface area (Å²) in [4.78, 5) is 11.0. The molecule has 2 N–H and O–H groups in total. The number of aliphatic hydroxyl groups excluding tert-OH is 1. The van der Waals surface area contributed by atoms with Crippen LogP contribution in [0, 0.1) is 5.92 Å². The summed E-state index contributed by atoms with van der Waals surface area (Å²) in [5.74, 6) is 0.451. The molecule has 1 rings (SSSR count). The van der Waals surface area contributed by atoms with Crippen LogP contribution in [-0.4, -0.2) is 29.4 Å². The van der Waals surface area contributed by atoms with Gasteiger partial charge in [0.15, 0.2) is 0 Å². The number of aliphatic hydroxyl groups is 1. The van der Waals surface area contributed by atoms with Gasteiger partial charge in [-0.2, -0.15) is 12.6 Å². The highest BCUT2D eigenvalue weighted by Gasteiger charge is 2.27. The third kappa shape index (κ3) is 2.38. The number of rotatable bonds is 3. The monoisotopic (exact) mass is 189 g/mol. The molecule has 0 aromatic rings. The summed E-state index contributed by atoms with van der Waals surface area (Å²) in [5, 5.41) is 11.8. The van der Waals surface area contributed by atoms with Gasteiger partial charge < -0.3 is 10.4 Å². The van der Waals surface area contributed by atoms with Crippen LogP contribution in [0.2, 0.25) is 0 Å². The van der Waals surface area contributed by atoms with Gasteiger partial charge in [-0.1, -0.05) is 6.42 Å². The van der Waals surface area contributed by atoms with Crippen molar-refractivity contribution in [1.29, 1.82) is 0 Å². The highest BCUT2D eigenvalue weighted by Crippen LogP contribution is 2.24. The Hall–Kier alpha value is -0.220. The van der Waals surface area contributed by atoms with Crippen molar-refractivity contribution in [3.8, 4) is 0 Å². The van der Waals surface area contributed by atoms with Crippen LogP contribution in [-0.2, 0) is 4.79 Å². The van der Waals surface area contributed by atoms with E-state index in [1.54, 1.807) is 0 Å². The van der Waals surface area contributed by atoms with Crippen molar-refractivity contribution in [1.82, 2.24) is 5.32 Å². The van der Waals surface area contributed by atoms with E-state index in [-0.39, 0.29) is 30.2 Å². The van der Waals surface area contributed by atoms with Gasteiger partial charge in [0.05, 0.1) is 5.75 Å². The topological polar surface area (TPSA) is 49.3 Å². The van der Waals surface area contributed by atoms with Gasteiger partial charge in [0.25, 0.3) is 0 Å². The van der Waals surface area contributed by atoms with Crippen LogP contribution in [0.5, 0.6) is 0 Å². The quantitative estimate of drug-likeness (QED) is 0.555. The lowest BCUT2D eigenvalue weighted by atomic mass is 10.1. The maximum atomic E-state index is 11.0. The second-order valence-electron chi connectivity index (χ2n) is 3.21. The molecule has 4 heteroatoms. The fourth-order valence-corrected chi connectivity index (χ4v) is 1.79. The highest BCUT2D eigenvalue weighted by atomic mass is 32.1. The van der Waals surface area contributed by atoms with E-state index in [2.05, 4.69) is 17.9 Å². The summed E-state index contributed by atoms with van der Waals surface area (Å²) in [5.41, 5.74) is 0. The Labute approximate surface area is 77.9 Å². The average Bonchev–Trinajstić information content (AvgIpc) is 2.51. The van der Waals surface area contributed by atoms with Gasteiger partial charge in [0.2, 0.25) is 5.91 Å². The molecule has 1 amide bonds. The summed E-state index contributed by atoms with van der Waals surface area (Å²) >= 11 is 3.87. The second-order valence-corrected chi connectivity index (χ2v) is 3.52. The smallest absolute Gasteiger partial charge is 0.229 e. The molecule has 0 aromatic carbocycles. The molecule has 0 bridgehead atoms. The summed E-state index contributed by atoms with van der Waals surface area (Å²) in [6.45, 7) is 0.178. The van der Waals surface area contributed by atoms with E-state index in [4.69, 9.17) is 5.11 Å². The zero-order chi connectivity index (χ0) is 8.97. The second kappa shape index (κ2) is 4.72. The van der Waals surface area contributed by atoms with Crippen molar-refractivity contribution in [3.05, 3.63) is 0 Å². The Bertz CT molecular complexity index is 163. The van der Waals surface area contributed by atoms with Crippen molar-refractivity contribution in [3.63, 3.8) is 0 Å². The van der Waals surface area contributed by atoms with Gasteiger partial charge in [0, 0.05) is 18.6 Å². The molecular weight excluding hydrogens is 174 g/mol. The molecule has 0 heterocycles. The lowest BCUT2D eigenvalue weighted by molar-refractivity contribution is -0.119. The van der Waals surface area contributed by atoms with E-state index in [9.17, 15) is 4.79 Å². The average molecular weight is 189 g/mol. The summed E-state index contributed by atoms with van der Waals surface area (Å²) in [6, 6.07) is 0.176. The number of nitrogens with one attached hydrogen (secondary N) is 1. The van der Waals surface area contributed by atoms with Gasteiger partial charge in [-0.3, -0.25) is 4.79 Å². The zero-order valence-electron chi connectivity index (χ0n) is 6.99. The number of carbonyl (C=O) groups is 1. The third-order valence-electron chi connectivity index (χ3n) is 2.38. The highest BCUT2D eigenvalue weighted by molar-refractivity contribution is 7.81. The first-order valence-electron chi connectivity index (χ1n) is 4.29. The first-order valence-corrected chi connectivity index (χ1v) is 4.92. The normalized spacial score (nSPS) is 28.8. The summed E-state index contributed by atoms with van der Waals surface area (Å²) in [6.07, 6.45) is 3.11. The molecule has 12 heavy (non-hydrogen) atoms. The minimum atomic E-state index is -0.0383. The SMILES string of the molecule is O=C(CS)NC1CCCC1CO. The number of hydrogen-bond acceptors (Lipinski definition) is 3. The van der Waals surface area contributed by atoms with Crippen LogP contribution in [0.25, 0.3) is 0 Å². The predicted octanol–water partition coefficient (Wildman–Crippen LogP) is 0.193. The molecule has 2 unspecified atom stereocenters. The molecule has 1 aliphatic rings. The number of amides is 1. The van der Waals surface area contributed by atoms with E-state index in [1.807, 2.05) is 0 Å². The molecule has 1 aliphatic carbocycles. The minimum Gasteiger partial charge on any atom is -0.396 e. The van der Waals surface area contributed by atoms with Crippen LogP contribution in [0.15, 0.2) is 0 Å². The fraction of sp³-hybridized carbons (Fsp3) is 0.875. The van der Waals surface area contributed by atoms with Crippen LogP contribution in [0.4, 0.5) is 0 Å². The standard InChI is InChI=1S/C8H15NO2S/c10-4-6-2-1-3-7(6)9-8(11)5-12/h6-7,10,12H,1-5H2,(H,9,11). The van der Waals surface area contributed by atoms with Crippen LogP contribution in [0.1, 0.15) is 19.3 Å². The molecule has 0 saturated heterocycles. The van der Waals surface area contributed by atoms with Gasteiger partial charge in [0.1, 0.15) is 0 Å². The van der Waals surface area contributed by atoms with Crippen LogP contribution in [0.3, 0.4) is 0 Å². The van der Waals surface area contributed by atoms with Gasteiger partial charge in [-0.25, -0.2) is 0 Å². The van der Waals surface area contributed by atoms with Gasteiger partial charge in [-0.05, 0) is 12.8 Å². The first kappa shape index (κ1) is 9.86. The number of carbonyl (C=O) groups excluding carboxylic acids is 1. The fourth-order valence-electron chi connectivity index (χ4n) is 1.70. The Morgan fingerprint density at radius 1 is 1.58 bits per heavy atom. The van der Waals surface area contributed by atoms with E-state index < -0.39 is 0 Å². The Balaban J connectivity index is 2.35. The Kier molecular flexibility index (Phi) is 3.88. The van der Waals surface area contributed by atoms with Gasteiger partial charge in [-0.15, -0.1) is 0 Å². The summed E-state index contributed by atoms with van der Waals surface area (Å²) < 4.78 is 0. The molecule has 0 aliphatic heterocycles. The minimum absolute atomic E-state index is 0.0383. The molecule has 3 nitrogen and oxygen atoms in total. The number of thiol groups is 1. The largest absolute Gasteiger partial charge is 0.396 e. The third-order valence-corrected chi connectivity index (χ3v) is 2.67. The van der Waals surface area contributed by atoms with Crippen molar-refractivity contribution in [2.24, 2.45) is 5.92 Å². The molecule has 2 atom stereocenters. The van der Waals surface area contributed by atoms with Crippen molar-refractivity contribution < 1.29 is 9.90 Å². The van der Waals surface area contributed by atoms with Crippen molar-refractivity contribution >= 4 is 18.5 Å². The molecule has 0 spiro atoms. The summed E-state index contributed by atoms with van der Waals surface area (Å²) in [7, 11) is 0. The van der Waals surface area contributed by atoms with Crippen LogP contribution >= 0.6 is 12.6 Å². The van der Waals surface area contributed by atoms with E-state index in [0.29, 0.717) is 0 Å². The Morgan fingerprint density at radius 2 is 2.33 bits per heavy atom.